The van der Waals surface area contributed by atoms with Crippen LogP contribution in [0.2, 0.25) is 0 Å². The average molecular weight is 618 g/mol. The molecule has 2 amide bonds. The fourth-order valence-electron chi connectivity index (χ4n) is 3.12. The number of nitrogens with one attached hydrogen (secondary N) is 2. The zero-order valence-electron chi connectivity index (χ0n) is 15.7. The molecule has 4 aromatic rings. The van der Waals surface area contributed by atoms with Crippen LogP contribution in [0.15, 0.2) is 84.9 Å². The number of carbonyl (C=O) groups excluding carboxylic acids is 2. The van der Waals surface area contributed by atoms with Gasteiger partial charge in [-0.25, -0.2) is 0 Å². The summed E-state index contributed by atoms with van der Waals surface area (Å²) < 4.78 is 2.14. The van der Waals surface area contributed by atoms with Crippen molar-refractivity contribution in [2.24, 2.45) is 0 Å². The highest BCUT2D eigenvalue weighted by Crippen LogP contribution is 2.30. The number of benzene rings is 4. The second kappa shape index (κ2) is 9.13. The van der Waals surface area contributed by atoms with Gasteiger partial charge < -0.3 is 10.6 Å². The van der Waals surface area contributed by atoms with Crippen molar-refractivity contribution in [3.8, 4) is 0 Å². The predicted octanol–water partition coefficient (Wildman–Crippen LogP) is 6.55. The minimum absolute atomic E-state index is 0.174. The van der Waals surface area contributed by atoms with E-state index in [2.05, 4.69) is 55.8 Å². The lowest BCUT2D eigenvalue weighted by Gasteiger charge is -2.13. The van der Waals surface area contributed by atoms with Crippen molar-refractivity contribution in [2.75, 3.05) is 10.6 Å². The Balaban J connectivity index is 1.62. The molecule has 148 valence electrons. The molecular weight excluding hydrogens is 602 g/mol. The summed E-state index contributed by atoms with van der Waals surface area (Å²) in [7, 11) is 0. The Labute approximate surface area is 201 Å². The molecule has 6 heteroatoms. The average Bonchev–Trinajstić information content (AvgIpc) is 2.75. The number of halogens is 2. The lowest BCUT2D eigenvalue weighted by molar-refractivity contribution is 0.101. The van der Waals surface area contributed by atoms with Crippen LogP contribution in [0.25, 0.3) is 10.8 Å². The molecule has 4 aromatic carbocycles. The molecule has 4 nitrogen and oxygen atoms in total. The van der Waals surface area contributed by atoms with Gasteiger partial charge in [-0.1, -0.05) is 24.3 Å². The van der Waals surface area contributed by atoms with Gasteiger partial charge in [-0.15, -0.1) is 0 Å². The standard InChI is InChI=1S/C24H16I2N2O2/c25-17-11-7-15(8-12-17)23(29)27-21-5-1-3-19-20(21)4-2-6-22(19)28-24(30)16-9-13-18(26)14-10-16/h1-14H,(H,27,29)(H,28,30). The van der Waals surface area contributed by atoms with E-state index in [1.165, 1.54) is 0 Å². The van der Waals surface area contributed by atoms with Crippen molar-refractivity contribution in [1.82, 2.24) is 0 Å². The van der Waals surface area contributed by atoms with Crippen molar-refractivity contribution < 1.29 is 9.59 Å². The lowest BCUT2D eigenvalue weighted by Crippen LogP contribution is -2.13. The minimum atomic E-state index is -0.174. The fourth-order valence-corrected chi connectivity index (χ4v) is 3.84. The molecule has 0 spiro atoms. The van der Waals surface area contributed by atoms with E-state index in [1.807, 2.05) is 60.7 Å². The molecule has 0 aromatic heterocycles. The first-order chi connectivity index (χ1) is 14.5. The van der Waals surface area contributed by atoms with Gasteiger partial charge in [0.1, 0.15) is 0 Å². The van der Waals surface area contributed by atoms with E-state index in [-0.39, 0.29) is 11.8 Å². The first kappa shape index (κ1) is 20.8. The molecule has 0 saturated carbocycles. The molecule has 0 fully saturated rings. The summed E-state index contributed by atoms with van der Waals surface area (Å²) in [5.41, 5.74) is 2.58. The molecule has 0 radical (unpaired) electrons. The van der Waals surface area contributed by atoms with Crippen LogP contribution in [0.5, 0.6) is 0 Å². The first-order valence-corrected chi connectivity index (χ1v) is 11.3. The van der Waals surface area contributed by atoms with Gasteiger partial charge in [0, 0.05) is 40.4 Å². The van der Waals surface area contributed by atoms with Crippen molar-refractivity contribution in [2.45, 2.75) is 0 Å². The fraction of sp³-hybridized carbons (Fsp3) is 0. The second-order valence-corrected chi connectivity index (χ2v) is 9.12. The van der Waals surface area contributed by atoms with Gasteiger partial charge in [-0.2, -0.15) is 0 Å². The Bertz CT molecular complexity index is 1140. The molecule has 30 heavy (non-hydrogen) atoms. The molecule has 0 unspecified atom stereocenters. The number of hydrogen-bond donors (Lipinski definition) is 2. The Hall–Kier alpha value is -2.46. The highest BCUT2D eigenvalue weighted by molar-refractivity contribution is 14.1. The molecule has 0 aliphatic carbocycles. The van der Waals surface area contributed by atoms with Gasteiger partial charge in [-0.3, -0.25) is 9.59 Å². The Morgan fingerprint density at radius 3 is 1.27 bits per heavy atom. The summed E-state index contributed by atoms with van der Waals surface area (Å²) >= 11 is 4.41. The summed E-state index contributed by atoms with van der Waals surface area (Å²) in [6.07, 6.45) is 0. The smallest absolute Gasteiger partial charge is 0.255 e. The molecule has 0 saturated heterocycles. The number of anilines is 2. The third-order valence-electron chi connectivity index (χ3n) is 4.63. The highest BCUT2D eigenvalue weighted by atomic mass is 127. The van der Waals surface area contributed by atoms with E-state index in [0.717, 1.165) is 17.9 Å². The van der Waals surface area contributed by atoms with Crippen LogP contribution in [0.1, 0.15) is 20.7 Å². The maximum atomic E-state index is 12.7. The third kappa shape index (κ3) is 4.65. The van der Waals surface area contributed by atoms with Gasteiger partial charge in [0.05, 0.1) is 0 Å². The monoisotopic (exact) mass is 618 g/mol. The molecule has 0 aliphatic rings. The van der Waals surface area contributed by atoms with Crippen molar-refractivity contribution in [3.63, 3.8) is 0 Å². The zero-order chi connectivity index (χ0) is 21.1. The van der Waals surface area contributed by atoms with Crippen LogP contribution in [-0.4, -0.2) is 11.8 Å². The topological polar surface area (TPSA) is 58.2 Å². The normalized spacial score (nSPS) is 10.6. The van der Waals surface area contributed by atoms with Crippen LogP contribution in [0.3, 0.4) is 0 Å². The molecule has 0 aliphatic heterocycles. The van der Waals surface area contributed by atoms with Gasteiger partial charge in [0.2, 0.25) is 0 Å². The minimum Gasteiger partial charge on any atom is -0.321 e. The number of rotatable bonds is 4. The second-order valence-electron chi connectivity index (χ2n) is 6.63. The van der Waals surface area contributed by atoms with E-state index < -0.39 is 0 Å². The maximum Gasteiger partial charge on any atom is 0.255 e. The van der Waals surface area contributed by atoms with Crippen molar-refractivity contribution in [1.29, 1.82) is 0 Å². The van der Waals surface area contributed by atoms with Gasteiger partial charge >= 0.3 is 0 Å². The molecule has 2 N–H and O–H groups in total. The molecular formula is C24H16I2N2O2. The molecule has 0 bridgehead atoms. The number of fused-ring (bicyclic) bond motifs is 1. The van der Waals surface area contributed by atoms with E-state index in [0.29, 0.717) is 22.5 Å². The molecule has 0 heterocycles. The van der Waals surface area contributed by atoms with Crippen LogP contribution >= 0.6 is 45.2 Å². The van der Waals surface area contributed by atoms with Crippen molar-refractivity contribution >= 4 is 79.1 Å². The van der Waals surface area contributed by atoms with Crippen LogP contribution in [0.4, 0.5) is 11.4 Å². The summed E-state index contributed by atoms with van der Waals surface area (Å²) in [4.78, 5) is 25.3. The summed E-state index contributed by atoms with van der Waals surface area (Å²) in [6, 6.07) is 26.1. The first-order valence-electron chi connectivity index (χ1n) is 9.17. The third-order valence-corrected chi connectivity index (χ3v) is 6.07. The van der Waals surface area contributed by atoms with Gasteiger partial charge in [0.25, 0.3) is 11.8 Å². The largest absolute Gasteiger partial charge is 0.321 e. The van der Waals surface area contributed by atoms with E-state index in [9.17, 15) is 9.59 Å². The lowest BCUT2D eigenvalue weighted by atomic mass is 10.1. The Kier molecular flexibility index (Phi) is 6.33. The number of hydrogen-bond acceptors (Lipinski definition) is 2. The summed E-state index contributed by atoms with van der Waals surface area (Å²) in [5, 5.41) is 7.68. The van der Waals surface area contributed by atoms with E-state index in [4.69, 9.17) is 0 Å². The number of amides is 2. The SMILES string of the molecule is O=C(Nc1cccc2c(NC(=O)c3ccc(I)cc3)cccc12)c1ccc(I)cc1. The molecule has 0 atom stereocenters. The van der Waals surface area contributed by atoms with Crippen molar-refractivity contribution in [3.05, 3.63) is 103 Å². The van der Waals surface area contributed by atoms with E-state index in [1.54, 1.807) is 24.3 Å². The van der Waals surface area contributed by atoms with Crippen LogP contribution in [0, 0.1) is 7.14 Å². The maximum absolute atomic E-state index is 12.7. The quantitative estimate of drug-likeness (QED) is 0.255. The van der Waals surface area contributed by atoms with Gasteiger partial charge in [0.15, 0.2) is 0 Å². The number of carbonyl (C=O) groups is 2. The Morgan fingerprint density at radius 1 is 0.533 bits per heavy atom. The summed E-state index contributed by atoms with van der Waals surface area (Å²) in [6.45, 7) is 0. The van der Waals surface area contributed by atoms with Crippen LogP contribution < -0.4 is 10.6 Å². The van der Waals surface area contributed by atoms with Gasteiger partial charge in [-0.05, 0) is 106 Å². The highest BCUT2D eigenvalue weighted by Gasteiger charge is 2.12. The van der Waals surface area contributed by atoms with Crippen LogP contribution in [-0.2, 0) is 0 Å². The zero-order valence-corrected chi connectivity index (χ0v) is 20.0. The predicted molar refractivity (Wildman–Crippen MR) is 138 cm³/mol. The Morgan fingerprint density at radius 2 is 0.900 bits per heavy atom. The molecule has 4 rings (SSSR count). The summed E-state index contributed by atoms with van der Waals surface area (Å²) in [5.74, 6) is -0.348. The van der Waals surface area contributed by atoms with E-state index >= 15 is 0 Å².